The zero-order chi connectivity index (χ0) is 14.1. The molecule has 0 rings (SSSR count). The number of ether oxygens (including phenoxy) is 1. The second-order valence-electron chi connectivity index (χ2n) is 4.87. The van der Waals surface area contributed by atoms with Crippen molar-refractivity contribution >= 4 is 11.9 Å². The van der Waals surface area contributed by atoms with Crippen LogP contribution in [-0.2, 0) is 14.3 Å². The Labute approximate surface area is 110 Å². The minimum Gasteiger partial charge on any atom is -0.465 e. The van der Waals surface area contributed by atoms with Crippen molar-refractivity contribution in [3.63, 3.8) is 0 Å². The molecule has 1 N–H and O–H groups in total. The molecule has 106 valence electrons. The van der Waals surface area contributed by atoms with Gasteiger partial charge in [-0.3, -0.25) is 14.5 Å². The SMILES string of the molecule is CCOC(=O)CN(C)C(C)C(=O)NCCC(C)C. The largest absolute Gasteiger partial charge is 0.465 e. The van der Waals surface area contributed by atoms with Crippen LogP contribution in [0.5, 0.6) is 0 Å². The zero-order valence-electron chi connectivity index (χ0n) is 12.2. The molecule has 5 heteroatoms. The van der Waals surface area contributed by atoms with Gasteiger partial charge >= 0.3 is 5.97 Å². The van der Waals surface area contributed by atoms with Crippen molar-refractivity contribution in [3.05, 3.63) is 0 Å². The van der Waals surface area contributed by atoms with Crippen LogP contribution in [0.4, 0.5) is 0 Å². The Hall–Kier alpha value is -1.10. The van der Waals surface area contributed by atoms with E-state index in [0.29, 0.717) is 19.1 Å². The lowest BCUT2D eigenvalue weighted by molar-refractivity contribution is -0.145. The van der Waals surface area contributed by atoms with E-state index in [1.165, 1.54) is 0 Å². The van der Waals surface area contributed by atoms with Crippen LogP contribution in [0, 0.1) is 5.92 Å². The van der Waals surface area contributed by atoms with Gasteiger partial charge < -0.3 is 10.1 Å². The predicted octanol–water partition coefficient (Wildman–Crippen LogP) is 1.03. The standard InChI is InChI=1S/C13H26N2O3/c1-6-18-12(16)9-15(5)11(4)13(17)14-8-7-10(2)3/h10-11H,6-9H2,1-5H3,(H,14,17). The van der Waals surface area contributed by atoms with Gasteiger partial charge in [-0.15, -0.1) is 0 Å². The highest BCUT2D eigenvalue weighted by molar-refractivity contribution is 5.82. The van der Waals surface area contributed by atoms with E-state index >= 15 is 0 Å². The number of esters is 1. The number of rotatable bonds is 8. The first-order valence-corrected chi connectivity index (χ1v) is 6.52. The molecule has 5 nitrogen and oxygen atoms in total. The van der Waals surface area contributed by atoms with Crippen LogP contribution >= 0.6 is 0 Å². The molecule has 0 aromatic heterocycles. The average Bonchev–Trinajstić information content (AvgIpc) is 2.27. The molecular formula is C13H26N2O3. The zero-order valence-corrected chi connectivity index (χ0v) is 12.2. The Kier molecular flexibility index (Phi) is 8.37. The summed E-state index contributed by atoms with van der Waals surface area (Å²) in [5, 5.41) is 2.87. The second-order valence-corrected chi connectivity index (χ2v) is 4.87. The molecule has 0 aliphatic rings. The Bertz CT molecular complexity index is 267. The summed E-state index contributed by atoms with van der Waals surface area (Å²) >= 11 is 0. The molecule has 0 radical (unpaired) electrons. The van der Waals surface area contributed by atoms with E-state index in [4.69, 9.17) is 4.74 Å². The topological polar surface area (TPSA) is 58.6 Å². The molecule has 0 spiro atoms. The Morgan fingerprint density at radius 1 is 1.28 bits per heavy atom. The minimum absolute atomic E-state index is 0.0533. The first-order valence-electron chi connectivity index (χ1n) is 6.52. The molecule has 0 aliphatic carbocycles. The number of likely N-dealkylation sites (N-methyl/N-ethyl adjacent to an activating group) is 1. The monoisotopic (exact) mass is 258 g/mol. The van der Waals surface area contributed by atoms with Gasteiger partial charge in [-0.05, 0) is 33.2 Å². The highest BCUT2D eigenvalue weighted by Crippen LogP contribution is 1.99. The number of hydrogen-bond donors (Lipinski definition) is 1. The van der Waals surface area contributed by atoms with Gasteiger partial charge in [0.15, 0.2) is 0 Å². The van der Waals surface area contributed by atoms with E-state index in [1.807, 2.05) is 0 Å². The highest BCUT2D eigenvalue weighted by Gasteiger charge is 2.20. The molecule has 0 bridgehead atoms. The number of carbonyl (C=O) groups excluding carboxylic acids is 2. The van der Waals surface area contributed by atoms with Crippen LogP contribution in [0.1, 0.15) is 34.1 Å². The van der Waals surface area contributed by atoms with E-state index in [-0.39, 0.29) is 24.5 Å². The normalized spacial score (nSPS) is 12.6. The third-order valence-corrected chi connectivity index (χ3v) is 2.75. The van der Waals surface area contributed by atoms with E-state index in [1.54, 1.807) is 25.8 Å². The Balaban J connectivity index is 4.00. The van der Waals surface area contributed by atoms with E-state index in [0.717, 1.165) is 6.42 Å². The molecule has 0 aromatic carbocycles. The van der Waals surface area contributed by atoms with Gasteiger partial charge in [-0.1, -0.05) is 13.8 Å². The van der Waals surface area contributed by atoms with Crippen LogP contribution < -0.4 is 5.32 Å². The van der Waals surface area contributed by atoms with Crippen molar-refractivity contribution in [2.45, 2.75) is 40.2 Å². The van der Waals surface area contributed by atoms with Crippen molar-refractivity contribution in [1.82, 2.24) is 10.2 Å². The lowest BCUT2D eigenvalue weighted by atomic mass is 10.1. The number of amides is 1. The highest BCUT2D eigenvalue weighted by atomic mass is 16.5. The van der Waals surface area contributed by atoms with Crippen molar-refractivity contribution in [2.75, 3.05) is 26.7 Å². The quantitative estimate of drug-likeness (QED) is 0.661. The molecule has 0 saturated heterocycles. The van der Waals surface area contributed by atoms with Crippen LogP contribution in [-0.4, -0.2) is 49.6 Å². The molecule has 0 aromatic rings. The van der Waals surface area contributed by atoms with Gasteiger partial charge in [-0.2, -0.15) is 0 Å². The van der Waals surface area contributed by atoms with Crippen LogP contribution in [0.25, 0.3) is 0 Å². The summed E-state index contributed by atoms with van der Waals surface area (Å²) in [4.78, 5) is 24.8. The molecule has 0 heterocycles. The third-order valence-electron chi connectivity index (χ3n) is 2.75. The maximum Gasteiger partial charge on any atom is 0.320 e. The first-order chi connectivity index (χ1) is 8.38. The van der Waals surface area contributed by atoms with Gasteiger partial charge in [0.05, 0.1) is 19.2 Å². The maximum atomic E-state index is 11.8. The number of nitrogens with zero attached hydrogens (tertiary/aromatic N) is 1. The molecular weight excluding hydrogens is 232 g/mol. The molecule has 18 heavy (non-hydrogen) atoms. The fraction of sp³-hybridized carbons (Fsp3) is 0.846. The molecule has 1 atom stereocenters. The van der Waals surface area contributed by atoms with Crippen molar-refractivity contribution in [1.29, 1.82) is 0 Å². The first kappa shape index (κ1) is 16.9. The van der Waals surface area contributed by atoms with Crippen molar-refractivity contribution in [3.8, 4) is 0 Å². The minimum atomic E-state index is -0.332. The molecule has 0 aliphatic heterocycles. The van der Waals surface area contributed by atoms with Crippen molar-refractivity contribution in [2.24, 2.45) is 5.92 Å². The average molecular weight is 258 g/mol. The van der Waals surface area contributed by atoms with E-state index in [2.05, 4.69) is 19.2 Å². The summed E-state index contributed by atoms with van der Waals surface area (Å²) in [5.74, 6) is 0.210. The fourth-order valence-corrected chi connectivity index (χ4v) is 1.38. The molecule has 1 unspecified atom stereocenters. The summed E-state index contributed by atoms with van der Waals surface area (Å²) in [6.07, 6.45) is 0.958. The van der Waals surface area contributed by atoms with E-state index in [9.17, 15) is 9.59 Å². The number of carbonyl (C=O) groups is 2. The van der Waals surface area contributed by atoms with Crippen molar-refractivity contribution < 1.29 is 14.3 Å². The van der Waals surface area contributed by atoms with Gasteiger partial charge in [0.25, 0.3) is 0 Å². The predicted molar refractivity (Wildman–Crippen MR) is 71.2 cm³/mol. The lowest BCUT2D eigenvalue weighted by Crippen LogP contribution is -2.45. The summed E-state index contributed by atoms with van der Waals surface area (Å²) in [5.41, 5.74) is 0. The second kappa shape index (κ2) is 8.91. The van der Waals surface area contributed by atoms with Gasteiger partial charge in [-0.25, -0.2) is 0 Å². The molecule has 1 amide bonds. The number of hydrogen-bond acceptors (Lipinski definition) is 4. The summed E-state index contributed by atoms with van der Waals surface area (Å²) < 4.78 is 4.84. The van der Waals surface area contributed by atoms with Gasteiger partial charge in [0, 0.05) is 6.54 Å². The van der Waals surface area contributed by atoms with Gasteiger partial charge in [0.1, 0.15) is 0 Å². The number of nitrogens with one attached hydrogen (secondary N) is 1. The van der Waals surface area contributed by atoms with E-state index < -0.39 is 0 Å². The Morgan fingerprint density at radius 2 is 1.89 bits per heavy atom. The fourth-order valence-electron chi connectivity index (χ4n) is 1.38. The van der Waals surface area contributed by atoms with Crippen LogP contribution in [0.15, 0.2) is 0 Å². The third kappa shape index (κ3) is 7.27. The van der Waals surface area contributed by atoms with Gasteiger partial charge in [0.2, 0.25) is 5.91 Å². The molecule has 0 fully saturated rings. The smallest absolute Gasteiger partial charge is 0.320 e. The lowest BCUT2D eigenvalue weighted by Gasteiger charge is -2.23. The van der Waals surface area contributed by atoms with Crippen LogP contribution in [0.3, 0.4) is 0 Å². The van der Waals surface area contributed by atoms with Crippen LogP contribution in [0.2, 0.25) is 0 Å². The summed E-state index contributed by atoms with van der Waals surface area (Å²) in [6, 6.07) is -0.332. The summed E-state index contributed by atoms with van der Waals surface area (Å²) in [7, 11) is 1.74. The Morgan fingerprint density at radius 3 is 2.39 bits per heavy atom. The summed E-state index contributed by atoms with van der Waals surface area (Å²) in [6.45, 7) is 8.94. The molecule has 0 saturated carbocycles. The maximum absolute atomic E-state index is 11.8.